The van der Waals surface area contributed by atoms with E-state index in [4.69, 9.17) is 9.72 Å². The zero-order valence-corrected chi connectivity index (χ0v) is 17.4. The monoisotopic (exact) mass is 430 g/mol. The lowest BCUT2D eigenvalue weighted by molar-refractivity contribution is 0.225. The summed E-state index contributed by atoms with van der Waals surface area (Å²) in [5.74, 6) is 1.72. The molecule has 150 valence electrons. The molecular weight excluding hydrogens is 411 g/mol. The van der Waals surface area contributed by atoms with Crippen LogP contribution in [-0.2, 0) is 0 Å². The first-order valence-electron chi connectivity index (χ1n) is 9.41. The fraction of sp³-hybridized carbons (Fsp3) is 0.350. The fourth-order valence-electron chi connectivity index (χ4n) is 4.08. The van der Waals surface area contributed by atoms with E-state index in [0.29, 0.717) is 24.3 Å². The van der Waals surface area contributed by atoms with Gasteiger partial charge in [-0.05, 0) is 31.5 Å². The lowest BCUT2D eigenvalue weighted by atomic mass is 9.91. The van der Waals surface area contributed by atoms with Crippen LogP contribution in [-0.4, -0.2) is 46.4 Å². The molecule has 0 aromatic carbocycles. The van der Waals surface area contributed by atoms with Gasteiger partial charge in [0.1, 0.15) is 17.6 Å². The smallest absolute Gasteiger partial charge is 0.138 e. The molecule has 6 heterocycles. The maximum absolute atomic E-state index is 9.45. The summed E-state index contributed by atoms with van der Waals surface area (Å²) in [4.78, 5) is 7.04. The van der Waals surface area contributed by atoms with Crippen molar-refractivity contribution < 1.29 is 4.74 Å². The molecule has 0 saturated carbocycles. The largest absolute Gasteiger partial charge is 0.492 e. The molecule has 9 heteroatoms. The minimum Gasteiger partial charge on any atom is -0.492 e. The number of piperazine rings is 1. The molecule has 6 rings (SSSR count). The Kier molecular flexibility index (Phi) is 5.76. The van der Waals surface area contributed by atoms with E-state index in [1.165, 1.54) is 6.42 Å². The molecule has 3 aliphatic heterocycles. The molecular formula is C20H20Cl2N6O. The third-order valence-electron chi connectivity index (χ3n) is 5.32. The van der Waals surface area contributed by atoms with Crippen LogP contribution in [0.15, 0.2) is 36.8 Å². The van der Waals surface area contributed by atoms with Crippen LogP contribution in [0.3, 0.4) is 0 Å². The molecule has 2 atom stereocenters. The van der Waals surface area contributed by atoms with Crippen molar-refractivity contribution in [1.82, 2.24) is 19.9 Å². The summed E-state index contributed by atoms with van der Waals surface area (Å²) in [5, 5.41) is 17.3. The van der Waals surface area contributed by atoms with Crippen molar-refractivity contribution in [2.24, 2.45) is 0 Å². The van der Waals surface area contributed by atoms with Gasteiger partial charge in [-0.2, -0.15) is 10.4 Å². The number of rotatable bonds is 4. The summed E-state index contributed by atoms with van der Waals surface area (Å²) in [5.41, 5.74) is 3.16. The number of nitrogens with zero attached hydrogens (tertiary/aromatic N) is 5. The van der Waals surface area contributed by atoms with Gasteiger partial charge in [0.25, 0.3) is 0 Å². The van der Waals surface area contributed by atoms with Crippen LogP contribution in [0.4, 0.5) is 5.82 Å². The van der Waals surface area contributed by atoms with Gasteiger partial charge in [0, 0.05) is 64.2 Å². The van der Waals surface area contributed by atoms with Crippen LogP contribution >= 0.6 is 21.7 Å². The molecule has 0 amide bonds. The van der Waals surface area contributed by atoms with Crippen LogP contribution in [0.5, 0.6) is 5.75 Å². The first-order valence-corrected chi connectivity index (χ1v) is 10.6. The molecule has 2 unspecified atom stereocenters. The predicted molar refractivity (Wildman–Crippen MR) is 114 cm³/mol. The third kappa shape index (κ3) is 3.71. The zero-order valence-electron chi connectivity index (χ0n) is 15.8. The van der Waals surface area contributed by atoms with E-state index in [1.807, 2.05) is 19.2 Å². The topological polar surface area (TPSA) is 78.5 Å². The van der Waals surface area contributed by atoms with Crippen LogP contribution in [0, 0.1) is 11.3 Å². The van der Waals surface area contributed by atoms with Gasteiger partial charge in [0.05, 0.1) is 30.1 Å². The Morgan fingerprint density at radius 3 is 2.66 bits per heavy atom. The molecule has 29 heavy (non-hydrogen) atoms. The van der Waals surface area contributed by atoms with Crippen molar-refractivity contribution in [1.29, 1.82) is 5.26 Å². The predicted octanol–water partition coefficient (Wildman–Crippen LogP) is 3.60. The number of pyridine rings is 2. The number of piperidine rings is 1. The van der Waals surface area contributed by atoms with E-state index in [2.05, 4.69) is 55.2 Å². The van der Waals surface area contributed by atoms with Crippen molar-refractivity contribution in [3.05, 3.63) is 42.4 Å². The molecule has 0 radical (unpaired) electrons. The van der Waals surface area contributed by atoms with Crippen molar-refractivity contribution in [2.45, 2.75) is 25.4 Å². The third-order valence-corrected chi connectivity index (χ3v) is 5.32. The minimum absolute atomic E-state index is 0.541. The summed E-state index contributed by atoms with van der Waals surface area (Å²) in [6.45, 7) is 4.53. The highest BCUT2D eigenvalue weighted by Crippen LogP contribution is 2.32. The van der Waals surface area contributed by atoms with Gasteiger partial charge in [-0.3, -0.25) is 0 Å². The molecule has 3 fully saturated rings. The number of ether oxygens (including phenoxy) is 1. The number of anilines is 1. The van der Waals surface area contributed by atoms with E-state index in [1.54, 1.807) is 16.9 Å². The average molecular weight is 431 g/mol. The van der Waals surface area contributed by atoms with Gasteiger partial charge in [-0.15, -0.1) is 0 Å². The van der Waals surface area contributed by atoms with Crippen LogP contribution in [0.1, 0.15) is 18.9 Å². The molecule has 3 aliphatic rings. The van der Waals surface area contributed by atoms with Crippen molar-refractivity contribution in [3.8, 4) is 22.9 Å². The van der Waals surface area contributed by atoms with E-state index in [9.17, 15) is 5.26 Å². The van der Waals surface area contributed by atoms with Crippen molar-refractivity contribution >= 4 is 33.0 Å². The standard InChI is InChI=1S/C20H20N6O.Cl2/c1-2-27-17-6-18(20-14(7-21)9-23-26(20)12-17)13-3-4-19(22-8-13)25-10-15-5-16(11-25)24-15;1-2/h3-4,6,8-9,12,15-16,24H,2,5,10-11H2,1H3;. The number of nitrogens with one attached hydrogen (secondary N) is 1. The molecule has 1 N–H and O–H groups in total. The molecule has 2 bridgehead atoms. The van der Waals surface area contributed by atoms with Gasteiger partial charge in [-0.1, -0.05) is 0 Å². The number of hydrogen-bond donors (Lipinski definition) is 1. The Labute approximate surface area is 178 Å². The van der Waals surface area contributed by atoms with E-state index < -0.39 is 0 Å². The summed E-state index contributed by atoms with van der Waals surface area (Å²) in [6, 6.07) is 9.50. The molecule has 0 aliphatic carbocycles. The Hall–Kier alpha value is -2.53. The highest BCUT2D eigenvalue weighted by atomic mass is 36.5. The lowest BCUT2D eigenvalue weighted by Gasteiger charge is -2.48. The summed E-state index contributed by atoms with van der Waals surface area (Å²) in [6.07, 6.45) is 6.54. The second kappa shape index (κ2) is 8.46. The number of fused-ring (bicyclic) bond motifs is 3. The van der Waals surface area contributed by atoms with E-state index >= 15 is 0 Å². The summed E-state index contributed by atoms with van der Waals surface area (Å²) < 4.78 is 7.38. The molecule has 3 saturated heterocycles. The van der Waals surface area contributed by atoms with Gasteiger partial charge in [0.15, 0.2) is 0 Å². The maximum Gasteiger partial charge on any atom is 0.138 e. The Bertz CT molecular complexity index is 1030. The first kappa shape index (κ1) is 19.8. The molecule has 3 aromatic heterocycles. The lowest BCUT2D eigenvalue weighted by Crippen LogP contribution is -2.67. The molecule has 3 aromatic rings. The molecule has 7 nitrogen and oxygen atoms in total. The second-order valence-corrected chi connectivity index (χ2v) is 7.09. The fourth-order valence-corrected chi connectivity index (χ4v) is 4.08. The van der Waals surface area contributed by atoms with E-state index in [-0.39, 0.29) is 0 Å². The summed E-state index contributed by atoms with van der Waals surface area (Å²) in [7, 11) is 8.22. The maximum atomic E-state index is 9.45. The molecule has 0 spiro atoms. The van der Waals surface area contributed by atoms with Gasteiger partial charge >= 0.3 is 0 Å². The number of hydrogen-bond acceptors (Lipinski definition) is 6. The van der Waals surface area contributed by atoms with Crippen molar-refractivity contribution in [2.75, 3.05) is 24.6 Å². The average Bonchev–Trinajstić information content (AvgIpc) is 3.18. The SMILES string of the molecule is CCOc1cc(-c2ccc(N3CC4CC(C3)N4)nc2)c2c(C#N)cnn2c1.ClCl. The second-order valence-electron chi connectivity index (χ2n) is 7.09. The highest BCUT2D eigenvalue weighted by molar-refractivity contribution is 6.85. The summed E-state index contributed by atoms with van der Waals surface area (Å²) >= 11 is 0. The Balaban J connectivity index is 0.000000994. The van der Waals surface area contributed by atoms with Crippen LogP contribution < -0.4 is 15.0 Å². The van der Waals surface area contributed by atoms with Crippen LogP contribution in [0.2, 0.25) is 0 Å². The number of aromatic nitrogens is 3. The first-order chi connectivity index (χ1) is 14.2. The Morgan fingerprint density at radius 1 is 1.28 bits per heavy atom. The van der Waals surface area contributed by atoms with Gasteiger partial charge in [-0.25, -0.2) is 9.50 Å². The van der Waals surface area contributed by atoms with Gasteiger partial charge < -0.3 is 15.0 Å². The van der Waals surface area contributed by atoms with Crippen molar-refractivity contribution in [3.63, 3.8) is 0 Å². The van der Waals surface area contributed by atoms with Crippen LogP contribution in [0.25, 0.3) is 16.6 Å². The normalized spacial score (nSPS) is 19.7. The Morgan fingerprint density at radius 2 is 2.03 bits per heavy atom. The quantitative estimate of drug-likeness (QED) is 0.680. The number of halogens is 2. The zero-order chi connectivity index (χ0) is 20.4. The highest BCUT2D eigenvalue weighted by Gasteiger charge is 2.36. The minimum atomic E-state index is 0.541. The van der Waals surface area contributed by atoms with Gasteiger partial charge in [0.2, 0.25) is 0 Å². The van der Waals surface area contributed by atoms with E-state index in [0.717, 1.165) is 41.3 Å². The number of nitriles is 1.